The van der Waals surface area contributed by atoms with Crippen LogP contribution in [0.4, 0.5) is 0 Å². The van der Waals surface area contributed by atoms with Crippen molar-refractivity contribution >= 4 is 0 Å². The highest BCUT2D eigenvalue weighted by atomic mass is 16.3. The Morgan fingerprint density at radius 3 is 2.72 bits per heavy atom. The number of aryl methyl sites for hydroxylation is 2. The minimum absolute atomic E-state index is 0.191. The molecular formula is C18H20N6O. The number of furan rings is 1. The van der Waals surface area contributed by atoms with Crippen LogP contribution >= 0.6 is 0 Å². The number of aromatic nitrogens is 6. The smallest absolute Gasteiger partial charge is 0.176 e. The number of nitrogens with one attached hydrogen (secondary N) is 1. The van der Waals surface area contributed by atoms with E-state index in [1.807, 2.05) is 36.0 Å². The number of hydrogen-bond acceptors (Lipinski definition) is 4. The zero-order chi connectivity index (χ0) is 17.4. The number of aromatic amines is 1. The van der Waals surface area contributed by atoms with Crippen molar-refractivity contribution in [3.63, 3.8) is 0 Å². The molecule has 7 nitrogen and oxygen atoms in total. The number of imidazole rings is 1. The number of nitrogens with zero attached hydrogens (tertiary/aromatic N) is 5. The molecule has 1 unspecified atom stereocenters. The Morgan fingerprint density at radius 2 is 2.00 bits per heavy atom. The Morgan fingerprint density at radius 1 is 1.16 bits per heavy atom. The summed E-state index contributed by atoms with van der Waals surface area (Å²) in [4.78, 5) is 4.49. The molecule has 25 heavy (non-hydrogen) atoms. The third-order valence-electron chi connectivity index (χ3n) is 4.28. The first-order chi connectivity index (χ1) is 12.1. The van der Waals surface area contributed by atoms with E-state index in [-0.39, 0.29) is 6.04 Å². The fourth-order valence-corrected chi connectivity index (χ4v) is 3.05. The molecule has 0 bridgehead atoms. The molecule has 1 atom stereocenters. The van der Waals surface area contributed by atoms with Crippen molar-refractivity contribution < 1.29 is 4.42 Å². The van der Waals surface area contributed by atoms with Crippen molar-refractivity contribution in [2.24, 2.45) is 0 Å². The molecule has 1 N–H and O–H groups in total. The maximum atomic E-state index is 5.96. The van der Waals surface area contributed by atoms with E-state index in [1.54, 1.807) is 12.4 Å². The second-order valence-electron chi connectivity index (χ2n) is 6.25. The summed E-state index contributed by atoms with van der Waals surface area (Å²) in [6, 6.07) is 8.01. The fraction of sp³-hybridized carbons (Fsp3) is 0.278. The van der Waals surface area contributed by atoms with E-state index in [0.29, 0.717) is 0 Å². The zero-order valence-electron chi connectivity index (χ0n) is 14.5. The van der Waals surface area contributed by atoms with Crippen molar-refractivity contribution in [2.45, 2.75) is 33.4 Å². The molecule has 0 saturated heterocycles. The predicted octanol–water partition coefficient (Wildman–Crippen LogP) is 3.61. The van der Waals surface area contributed by atoms with Crippen molar-refractivity contribution in [2.75, 3.05) is 0 Å². The Labute approximate surface area is 145 Å². The quantitative estimate of drug-likeness (QED) is 0.604. The molecule has 4 aromatic heterocycles. The molecular weight excluding hydrogens is 316 g/mol. The van der Waals surface area contributed by atoms with Crippen LogP contribution in [0, 0.1) is 13.8 Å². The van der Waals surface area contributed by atoms with Gasteiger partial charge >= 0.3 is 0 Å². The molecule has 0 saturated carbocycles. The molecule has 0 aliphatic carbocycles. The van der Waals surface area contributed by atoms with Gasteiger partial charge in [0.2, 0.25) is 0 Å². The van der Waals surface area contributed by atoms with E-state index >= 15 is 0 Å². The normalized spacial score (nSPS) is 12.6. The van der Waals surface area contributed by atoms with Gasteiger partial charge in [-0.25, -0.2) is 4.98 Å². The van der Waals surface area contributed by atoms with Gasteiger partial charge < -0.3 is 8.98 Å². The molecule has 0 aromatic carbocycles. The molecule has 128 valence electrons. The molecule has 4 aromatic rings. The van der Waals surface area contributed by atoms with Gasteiger partial charge in [0.15, 0.2) is 17.3 Å². The fourth-order valence-electron chi connectivity index (χ4n) is 3.05. The first kappa shape index (κ1) is 15.4. The van der Waals surface area contributed by atoms with Gasteiger partial charge in [-0.3, -0.25) is 9.78 Å². The van der Waals surface area contributed by atoms with Gasteiger partial charge in [0.25, 0.3) is 0 Å². The van der Waals surface area contributed by atoms with Crippen LogP contribution in [-0.4, -0.2) is 29.5 Å². The van der Waals surface area contributed by atoms with Gasteiger partial charge in [-0.15, -0.1) is 0 Å². The molecule has 7 heteroatoms. The van der Waals surface area contributed by atoms with Crippen LogP contribution in [0.3, 0.4) is 0 Å². The first-order valence-corrected chi connectivity index (χ1v) is 8.25. The topological polar surface area (TPSA) is 77.5 Å². The highest BCUT2D eigenvalue weighted by Crippen LogP contribution is 2.28. The summed E-state index contributed by atoms with van der Waals surface area (Å²) in [6.07, 6.45) is 5.48. The Hall–Kier alpha value is -3.09. The van der Waals surface area contributed by atoms with Crippen LogP contribution < -0.4 is 0 Å². The molecule has 0 aliphatic rings. The molecule has 0 spiro atoms. The van der Waals surface area contributed by atoms with Gasteiger partial charge in [0.05, 0.1) is 18.3 Å². The third kappa shape index (κ3) is 2.88. The Bertz CT molecular complexity index is 975. The predicted molar refractivity (Wildman–Crippen MR) is 93.9 cm³/mol. The van der Waals surface area contributed by atoms with Crippen molar-refractivity contribution in [3.05, 3.63) is 54.2 Å². The lowest BCUT2D eigenvalue weighted by Crippen LogP contribution is -2.15. The largest absolute Gasteiger partial charge is 0.451 e. The molecule has 4 heterocycles. The number of rotatable bonds is 5. The first-order valence-electron chi connectivity index (χ1n) is 8.25. The van der Waals surface area contributed by atoms with Gasteiger partial charge in [-0.2, -0.15) is 10.2 Å². The summed E-state index contributed by atoms with van der Waals surface area (Å²) in [5, 5.41) is 11.4. The SMILES string of the molecule is Cc1cc(C)n(CC(C)n2ccnc2-c2ccc(-c3ccn[nH]3)o2)n1. The second kappa shape index (κ2) is 6.08. The average molecular weight is 336 g/mol. The van der Waals surface area contributed by atoms with Crippen LogP contribution in [0.25, 0.3) is 23.0 Å². The van der Waals surface area contributed by atoms with Gasteiger partial charge in [0, 0.05) is 24.3 Å². The van der Waals surface area contributed by atoms with Crippen LogP contribution in [0.2, 0.25) is 0 Å². The summed E-state index contributed by atoms with van der Waals surface area (Å²) in [5.41, 5.74) is 3.04. The van der Waals surface area contributed by atoms with E-state index in [9.17, 15) is 0 Å². The van der Waals surface area contributed by atoms with E-state index < -0.39 is 0 Å². The van der Waals surface area contributed by atoms with Gasteiger partial charge in [-0.05, 0) is 45.0 Å². The van der Waals surface area contributed by atoms with Crippen LogP contribution in [0.1, 0.15) is 24.4 Å². The summed E-state index contributed by atoms with van der Waals surface area (Å²) in [5.74, 6) is 2.28. The lowest BCUT2D eigenvalue weighted by molar-refractivity contribution is 0.429. The van der Waals surface area contributed by atoms with Gasteiger partial charge in [0.1, 0.15) is 5.69 Å². The van der Waals surface area contributed by atoms with Crippen molar-refractivity contribution in [3.8, 4) is 23.0 Å². The second-order valence-corrected chi connectivity index (χ2v) is 6.25. The van der Waals surface area contributed by atoms with E-state index in [4.69, 9.17) is 4.42 Å². The summed E-state index contributed by atoms with van der Waals surface area (Å²) in [7, 11) is 0. The Kier molecular flexibility index (Phi) is 3.76. The maximum Gasteiger partial charge on any atom is 0.176 e. The molecule has 0 fully saturated rings. The molecule has 0 aliphatic heterocycles. The number of H-pyrrole nitrogens is 1. The minimum Gasteiger partial charge on any atom is -0.451 e. The van der Waals surface area contributed by atoms with E-state index in [0.717, 1.165) is 41.0 Å². The third-order valence-corrected chi connectivity index (χ3v) is 4.28. The lowest BCUT2D eigenvalue weighted by Gasteiger charge is -2.16. The van der Waals surface area contributed by atoms with Crippen LogP contribution in [0.15, 0.2) is 47.3 Å². The summed E-state index contributed by atoms with van der Waals surface area (Å²) in [6.45, 7) is 7.01. The maximum absolute atomic E-state index is 5.96. The van der Waals surface area contributed by atoms with E-state index in [1.165, 1.54) is 0 Å². The minimum atomic E-state index is 0.191. The summed E-state index contributed by atoms with van der Waals surface area (Å²) < 4.78 is 10.1. The zero-order valence-corrected chi connectivity index (χ0v) is 14.5. The molecule has 4 rings (SSSR count). The highest BCUT2D eigenvalue weighted by Gasteiger charge is 2.17. The monoisotopic (exact) mass is 336 g/mol. The standard InChI is InChI=1S/C18H20N6O/c1-12-10-13(2)24(22-12)11-14(3)23-9-8-19-18(23)17-5-4-16(25-17)15-6-7-20-21-15/h4-10,14H,11H2,1-3H3,(H,20,21). The lowest BCUT2D eigenvalue weighted by atomic mass is 10.3. The van der Waals surface area contributed by atoms with Crippen molar-refractivity contribution in [1.82, 2.24) is 29.5 Å². The molecule has 0 radical (unpaired) electrons. The Balaban J connectivity index is 1.61. The van der Waals surface area contributed by atoms with Gasteiger partial charge in [-0.1, -0.05) is 0 Å². The molecule has 0 amide bonds. The van der Waals surface area contributed by atoms with Crippen LogP contribution in [0.5, 0.6) is 0 Å². The number of hydrogen-bond donors (Lipinski definition) is 1. The van der Waals surface area contributed by atoms with E-state index in [2.05, 4.69) is 44.8 Å². The highest BCUT2D eigenvalue weighted by molar-refractivity contribution is 5.58. The van der Waals surface area contributed by atoms with Crippen LogP contribution in [-0.2, 0) is 6.54 Å². The average Bonchev–Trinajstić information content (AvgIpc) is 3.35. The van der Waals surface area contributed by atoms with Crippen molar-refractivity contribution in [1.29, 1.82) is 0 Å². The summed E-state index contributed by atoms with van der Waals surface area (Å²) >= 11 is 0.